The lowest BCUT2D eigenvalue weighted by Gasteiger charge is -2.26. The lowest BCUT2D eigenvalue weighted by molar-refractivity contribution is 0.0336. The van der Waals surface area contributed by atoms with Crippen molar-refractivity contribution in [1.82, 2.24) is 20.1 Å². The van der Waals surface area contributed by atoms with E-state index < -0.39 is 0 Å². The minimum Gasteiger partial charge on any atom is -0.379 e. The maximum absolute atomic E-state index is 12.9. The molecule has 7 heteroatoms. The summed E-state index contributed by atoms with van der Waals surface area (Å²) in [7, 11) is 0. The van der Waals surface area contributed by atoms with Gasteiger partial charge in [-0.3, -0.25) is 14.5 Å². The average Bonchev–Trinajstić information content (AvgIpc) is 3.30. The molecular weight excluding hydrogens is 440 g/mol. The first-order valence-corrected chi connectivity index (χ1v) is 12.7. The number of ether oxygens (including phenoxy) is 1. The molecule has 3 aliphatic rings. The molecule has 2 saturated heterocycles. The Hall–Kier alpha value is -2.77. The average molecular weight is 476 g/mol. The molecule has 185 valence electrons. The van der Waals surface area contributed by atoms with E-state index in [1.54, 1.807) is 6.07 Å². The molecule has 35 heavy (non-hydrogen) atoms. The molecule has 0 spiro atoms. The molecule has 1 saturated carbocycles. The molecule has 2 aromatic rings. The van der Waals surface area contributed by atoms with Gasteiger partial charge in [0.2, 0.25) is 0 Å². The van der Waals surface area contributed by atoms with E-state index in [9.17, 15) is 9.59 Å². The second-order valence-electron chi connectivity index (χ2n) is 11.1. The Labute approximate surface area is 207 Å². The highest BCUT2D eigenvalue weighted by molar-refractivity contribution is 5.94. The number of morpholine rings is 1. The number of fused-ring (bicyclic) bond motifs is 1. The van der Waals surface area contributed by atoms with Gasteiger partial charge in [-0.1, -0.05) is 39.0 Å². The molecule has 1 aromatic carbocycles. The SMILES string of the molecule is CC(C)(C)c1ccc(C(=O)N2CC3C(CNC(=O)c4[c]ccc(CN5CCOCC5)n4)C3C2)cc1. The van der Waals surface area contributed by atoms with Gasteiger partial charge in [-0.15, -0.1) is 0 Å². The van der Waals surface area contributed by atoms with Crippen LogP contribution in [0.1, 0.15) is 52.9 Å². The summed E-state index contributed by atoms with van der Waals surface area (Å²) < 4.78 is 5.39. The monoisotopic (exact) mass is 475 g/mol. The molecule has 2 atom stereocenters. The van der Waals surface area contributed by atoms with E-state index in [-0.39, 0.29) is 17.2 Å². The smallest absolute Gasteiger partial charge is 0.270 e. The van der Waals surface area contributed by atoms with E-state index >= 15 is 0 Å². The third kappa shape index (κ3) is 5.41. The molecule has 2 unspecified atom stereocenters. The zero-order valence-corrected chi connectivity index (χ0v) is 20.9. The zero-order chi connectivity index (χ0) is 24.6. The molecule has 7 nitrogen and oxygen atoms in total. The summed E-state index contributed by atoms with van der Waals surface area (Å²) >= 11 is 0. The summed E-state index contributed by atoms with van der Waals surface area (Å²) in [5, 5.41) is 3.05. The van der Waals surface area contributed by atoms with Crippen LogP contribution < -0.4 is 5.32 Å². The van der Waals surface area contributed by atoms with Gasteiger partial charge in [0.1, 0.15) is 5.69 Å². The van der Waals surface area contributed by atoms with Crippen LogP contribution in [0.5, 0.6) is 0 Å². The van der Waals surface area contributed by atoms with Gasteiger partial charge >= 0.3 is 0 Å². The van der Waals surface area contributed by atoms with Crippen molar-refractivity contribution in [3.8, 4) is 0 Å². The van der Waals surface area contributed by atoms with Crippen molar-refractivity contribution in [2.24, 2.45) is 17.8 Å². The number of aromatic nitrogens is 1. The number of nitrogens with zero attached hydrogens (tertiary/aromatic N) is 3. The van der Waals surface area contributed by atoms with Gasteiger partial charge in [0, 0.05) is 50.9 Å². The van der Waals surface area contributed by atoms with Gasteiger partial charge in [0.25, 0.3) is 11.8 Å². The van der Waals surface area contributed by atoms with Crippen LogP contribution in [0.4, 0.5) is 0 Å². The van der Waals surface area contributed by atoms with Crippen molar-refractivity contribution in [2.45, 2.75) is 32.7 Å². The maximum Gasteiger partial charge on any atom is 0.270 e. The van der Waals surface area contributed by atoms with Crippen LogP contribution in [0.3, 0.4) is 0 Å². The highest BCUT2D eigenvalue weighted by Crippen LogP contribution is 2.51. The predicted octanol–water partition coefficient (Wildman–Crippen LogP) is 2.76. The number of carbonyl (C=O) groups excluding carboxylic acids is 2. The fourth-order valence-corrected chi connectivity index (χ4v) is 5.33. The fourth-order valence-electron chi connectivity index (χ4n) is 5.33. The number of benzene rings is 1. The van der Waals surface area contributed by atoms with Crippen LogP contribution in [-0.4, -0.2) is 72.5 Å². The Balaban J connectivity index is 1.09. The lowest BCUT2D eigenvalue weighted by atomic mass is 9.86. The number of hydrogen-bond donors (Lipinski definition) is 1. The number of carbonyl (C=O) groups is 2. The van der Waals surface area contributed by atoms with E-state index in [4.69, 9.17) is 4.74 Å². The molecule has 1 N–H and O–H groups in total. The van der Waals surface area contributed by atoms with Crippen LogP contribution in [-0.2, 0) is 16.7 Å². The van der Waals surface area contributed by atoms with Gasteiger partial charge < -0.3 is 15.0 Å². The van der Waals surface area contributed by atoms with Crippen LogP contribution in [0, 0.1) is 23.8 Å². The van der Waals surface area contributed by atoms with Gasteiger partial charge in [0.05, 0.1) is 18.9 Å². The summed E-state index contributed by atoms with van der Waals surface area (Å²) in [5.74, 6) is 1.31. The van der Waals surface area contributed by atoms with Gasteiger partial charge in [-0.2, -0.15) is 0 Å². The minimum atomic E-state index is -0.175. The highest BCUT2D eigenvalue weighted by atomic mass is 16.5. The second-order valence-corrected chi connectivity index (χ2v) is 11.1. The molecule has 1 aliphatic carbocycles. The van der Waals surface area contributed by atoms with E-state index in [0.29, 0.717) is 36.5 Å². The third-order valence-electron chi connectivity index (χ3n) is 7.61. The summed E-state index contributed by atoms with van der Waals surface area (Å²) in [6, 6.07) is 14.7. The van der Waals surface area contributed by atoms with Crippen molar-refractivity contribution < 1.29 is 14.3 Å². The van der Waals surface area contributed by atoms with Crippen LogP contribution >= 0.6 is 0 Å². The number of nitrogens with one attached hydrogen (secondary N) is 1. The van der Waals surface area contributed by atoms with E-state index in [1.807, 2.05) is 23.1 Å². The van der Waals surface area contributed by atoms with Crippen LogP contribution in [0.25, 0.3) is 0 Å². The van der Waals surface area contributed by atoms with Crippen molar-refractivity contribution in [3.05, 3.63) is 65.0 Å². The van der Waals surface area contributed by atoms with Crippen LogP contribution in [0.15, 0.2) is 36.4 Å². The Bertz CT molecular complexity index is 1060. The number of pyridine rings is 1. The first-order chi connectivity index (χ1) is 16.8. The fraction of sp³-hybridized carbons (Fsp3) is 0.536. The normalized spacial score (nSPS) is 24.2. The van der Waals surface area contributed by atoms with Crippen LogP contribution in [0.2, 0.25) is 0 Å². The van der Waals surface area contributed by atoms with E-state index in [2.05, 4.69) is 54.2 Å². The van der Waals surface area contributed by atoms with Crippen molar-refractivity contribution >= 4 is 11.8 Å². The number of hydrogen-bond acceptors (Lipinski definition) is 5. The molecule has 2 aliphatic heterocycles. The summed E-state index contributed by atoms with van der Waals surface area (Å²) in [6.07, 6.45) is 0. The minimum absolute atomic E-state index is 0.0752. The first kappa shape index (κ1) is 23.9. The maximum atomic E-state index is 12.9. The molecule has 1 radical (unpaired) electrons. The molecule has 0 bridgehead atoms. The lowest BCUT2D eigenvalue weighted by Crippen LogP contribution is -2.36. The molecule has 3 fully saturated rings. The predicted molar refractivity (Wildman–Crippen MR) is 133 cm³/mol. The largest absolute Gasteiger partial charge is 0.379 e. The Kier molecular flexibility index (Phi) is 6.64. The molecule has 3 heterocycles. The standard InChI is InChI=1S/C28H35N4O3/c1-28(2,3)20-9-7-19(8-10-20)27(34)32-17-23-22(24(23)18-32)15-29-26(33)25-6-4-5-21(30-25)16-31-11-13-35-14-12-31/h4-5,7-10,22-24H,11-18H2,1-3H3,(H,29,33). The van der Waals surface area contributed by atoms with E-state index in [1.165, 1.54) is 5.56 Å². The first-order valence-electron chi connectivity index (χ1n) is 12.7. The number of rotatable bonds is 6. The Morgan fingerprint density at radius 3 is 2.43 bits per heavy atom. The summed E-state index contributed by atoms with van der Waals surface area (Å²) in [4.78, 5) is 34.4. The van der Waals surface area contributed by atoms with E-state index in [0.717, 1.165) is 50.7 Å². The summed E-state index contributed by atoms with van der Waals surface area (Å²) in [5.41, 5.74) is 3.28. The Morgan fingerprint density at radius 2 is 1.77 bits per heavy atom. The number of likely N-dealkylation sites (tertiary alicyclic amines) is 1. The van der Waals surface area contributed by atoms with Crippen molar-refractivity contribution in [2.75, 3.05) is 45.9 Å². The zero-order valence-electron chi connectivity index (χ0n) is 20.9. The number of amides is 2. The molecule has 1 aromatic heterocycles. The molecule has 5 rings (SSSR count). The second kappa shape index (κ2) is 9.70. The highest BCUT2D eigenvalue weighted by Gasteiger charge is 2.56. The molecular formula is C28H35N4O3. The number of piperidine rings is 1. The summed E-state index contributed by atoms with van der Waals surface area (Å²) in [6.45, 7) is 12.6. The van der Waals surface area contributed by atoms with Crippen molar-refractivity contribution in [3.63, 3.8) is 0 Å². The van der Waals surface area contributed by atoms with Gasteiger partial charge in [-0.05, 0) is 46.9 Å². The van der Waals surface area contributed by atoms with Crippen molar-refractivity contribution in [1.29, 1.82) is 0 Å². The van der Waals surface area contributed by atoms with Gasteiger partial charge in [0.15, 0.2) is 0 Å². The molecule has 2 amide bonds. The van der Waals surface area contributed by atoms with Gasteiger partial charge in [-0.25, -0.2) is 4.98 Å². The topological polar surface area (TPSA) is 74.8 Å². The Morgan fingerprint density at radius 1 is 1.09 bits per heavy atom. The third-order valence-corrected chi connectivity index (χ3v) is 7.61. The quantitative estimate of drug-likeness (QED) is 0.696.